The van der Waals surface area contributed by atoms with E-state index in [9.17, 15) is 13.2 Å². The molecule has 1 aromatic carbocycles. The van der Waals surface area contributed by atoms with Crippen molar-refractivity contribution >= 4 is 33.3 Å². The Balaban J connectivity index is 1.87. The molecular weight excluding hydrogens is 356 g/mol. The number of sulfonamides is 1. The number of rotatable bonds is 8. The molecule has 1 aromatic heterocycles. The van der Waals surface area contributed by atoms with Gasteiger partial charge in [-0.1, -0.05) is 18.2 Å². The SMILES string of the molecule is CC(C)NS(=O)(=O)c1ccc(/C=C/C(=O)NCCc2cccs2)cc1. The molecule has 134 valence electrons. The van der Waals surface area contributed by atoms with Gasteiger partial charge in [0.25, 0.3) is 0 Å². The van der Waals surface area contributed by atoms with Crippen molar-refractivity contribution in [3.05, 3.63) is 58.3 Å². The van der Waals surface area contributed by atoms with Crippen molar-refractivity contribution < 1.29 is 13.2 Å². The third-order valence-electron chi connectivity index (χ3n) is 3.26. The fourth-order valence-electron chi connectivity index (χ4n) is 2.13. The third-order valence-corrected chi connectivity index (χ3v) is 5.87. The molecule has 0 aliphatic heterocycles. The summed E-state index contributed by atoms with van der Waals surface area (Å²) in [5, 5.41) is 4.83. The van der Waals surface area contributed by atoms with E-state index in [1.165, 1.54) is 23.1 Å². The van der Waals surface area contributed by atoms with Gasteiger partial charge in [0.15, 0.2) is 0 Å². The highest BCUT2D eigenvalue weighted by Crippen LogP contribution is 2.12. The van der Waals surface area contributed by atoms with Crippen molar-refractivity contribution in [3.8, 4) is 0 Å². The van der Waals surface area contributed by atoms with E-state index in [4.69, 9.17) is 0 Å². The van der Waals surface area contributed by atoms with Gasteiger partial charge in [-0.05, 0) is 55.5 Å². The van der Waals surface area contributed by atoms with Gasteiger partial charge in [0, 0.05) is 23.5 Å². The molecule has 2 N–H and O–H groups in total. The average Bonchev–Trinajstić information content (AvgIpc) is 3.05. The zero-order chi connectivity index (χ0) is 18.3. The highest BCUT2D eigenvalue weighted by Gasteiger charge is 2.14. The Bertz CT molecular complexity index is 809. The van der Waals surface area contributed by atoms with E-state index < -0.39 is 10.0 Å². The van der Waals surface area contributed by atoms with Crippen molar-refractivity contribution in [3.63, 3.8) is 0 Å². The van der Waals surface area contributed by atoms with Crippen LogP contribution in [0.3, 0.4) is 0 Å². The second kappa shape index (κ2) is 8.94. The Morgan fingerprint density at radius 2 is 1.92 bits per heavy atom. The lowest BCUT2D eigenvalue weighted by atomic mass is 10.2. The molecule has 0 fully saturated rings. The molecule has 0 saturated carbocycles. The standard InChI is InChI=1S/C18H22N2O3S2/c1-14(2)20-25(22,23)17-8-5-15(6-9-17)7-10-18(21)19-12-11-16-4-3-13-24-16/h3-10,13-14,20H,11-12H2,1-2H3,(H,19,21)/b10-7+. The first-order chi connectivity index (χ1) is 11.9. The number of hydrogen-bond acceptors (Lipinski definition) is 4. The van der Waals surface area contributed by atoms with Crippen LogP contribution in [0.5, 0.6) is 0 Å². The quantitative estimate of drug-likeness (QED) is 0.694. The maximum absolute atomic E-state index is 12.0. The van der Waals surface area contributed by atoms with Gasteiger partial charge in [-0.25, -0.2) is 13.1 Å². The Morgan fingerprint density at radius 3 is 2.52 bits per heavy atom. The Kier molecular flexibility index (Phi) is 6.92. The molecule has 0 unspecified atom stereocenters. The molecule has 1 amide bonds. The molecule has 25 heavy (non-hydrogen) atoms. The minimum Gasteiger partial charge on any atom is -0.352 e. The van der Waals surface area contributed by atoms with Crippen LogP contribution in [0.2, 0.25) is 0 Å². The summed E-state index contributed by atoms with van der Waals surface area (Å²) in [6.07, 6.45) is 3.92. The van der Waals surface area contributed by atoms with Crippen LogP contribution < -0.4 is 10.0 Å². The van der Waals surface area contributed by atoms with Gasteiger partial charge in [-0.3, -0.25) is 4.79 Å². The van der Waals surface area contributed by atoms with Crippen LogP contribution in [-0.4, -0.2) is 26.9 Å². The van der Waals surface area contributed by atoms with Crippen LogP contribution >= 0.6 is 11.3 Å². The monoisotopic (exact) mass is 378 g/mol. The van der Waals surface area contributed by atoms with Crippen molar-refractivity contribution in [2.45, 2.75) is 31.2 Å². The molecule has 5 nitrogen and oxygen atoms in total. The number of nitrogens with one attached hydrogen (secondary N) is 2. The summed E-state index contributed by atoms with van der Waals surface area (Å²) in [5.41, 5.74) is 0.761. The van der Waals surface area contributed by atoms with Gasteiger partial charge in [0.1, 0.15) is 0 Å². The first-order valence-electron chi connectivity index (χ1n) is 7.97. The number of thiophene rings is 1. The number of hydrogen-bond donors (Lipinski definition) is 2. The zero-order valence-electron chi connectivity index (χ0n) is 14.2. The topological polar surface area (TPSA) is 75.3 Å². The van der Waals surface area contributed by atoms with Crippen molar-refractivity contribution in [1.82, 2.24) is 10.0 Å². The summed E-state index contributed by atoms with van der Waals surface area (Å²) in [6, 6.07) is 10.3. The molecule has 0 radical (unpaired) electrons. The first kappa shape index (κ1) is 19.4. The molecule has 2 rings (SSSR count). The molecule has 0 spiro atoms. The number of amides is 1. The maximum Gasteiger partial charge on any atom is 0.244 e. The summed E-state index contributed by atoms with van der Waals surface area (Å²) in [6.45, 7) is 4.12. The average molecular weight is 379 g/mol. The van der Waals surface area contributed by atoms with Gasteiger partial charge >= 0.3 is 0 Å². The van der Waals surface area contributed by atoms with E-state index in [2.05, 4.69) is 10.0 Å². The van der Waals surface area contributed by atoms with Crippen LogP contribution in [0, 0.1) is 0 Å². The highest BCUT2D eigenvalue weighted by molar-refractivity contribution is 7.89. The van der Waals surface area contributed by atoms with Gasteiger partial charge in [-0.15, -0.1) is 11.3 Å². The van der Waals surface area contributed by atoms with Gasteiger partial charge in [-0.2, -0.15) is 0 Å². The lowest BCUT2D eigenvalue weighted by Crippen LogP contribution is -2.30. The molecule has 2 aromatic rings. The molecule has 0 bridgehead atoms. The van der Waals surface area contributed by atoms with Crippen LogP contribution in [0.25, 0.3) is 6.08 Å². The van der Waals surface area contributed by atoms with Gasteiger partial charge < -0.3 is 5.32 Å². The van der Waals surface area contributed by atoms with Gasteiger partial charge in [0.05, 0.1) is 4.90 Å². The predicted molar refractivity (Wildman–Crippen MR) is 102 cm³/mol. The Labute approximate surface area is 152 Å². The summed E-state index contributed by atoms with van der Waals surface area (Å²) in [5.74, 6) is -0.172. The van der Waals surface area contributed by atoms with E-state index >= 15 is 0 Å². The predicted octanol–water partition coefficient (Wildman–Crippen LogP) is 2.81. The van der Waals surface area contributed by atoms with Crippen LogP contribution in [-0.2, 0) is 21.2 Å². The van der Waals surface area contributed by atoms with Crippen LogP contribution in [0.1, 0.15) is 24.3 Å². The fraction of sp³-hybridized carbons (Fsp3) is 0.278. The van der Waals surface area contributed by atoms with E-state index in [-0.39, 0.29) is 16.8 Å². The van der Waals surface area contributed by atoms with Gasteiger partial charge in [0.2, 0.25) is 15.9 Å². The first-order valence-corrected chi connectivity index (χ1v) is 10.3. The molecular formula is C18H22N2O3S2. The molecule has 1 heterocycles. The van der Waals surface area contributed by atoms with E-state index in [0.29, 0.717) is 6.54 Å². The van der Waals surface area contributed by atoms with E-state index in [1.807, 2.05) is 17.5 Å². The largest absolute Gasteiger partial charge is 0.352 e. The smallest absolute Gasteiger partial charge is 0.244 e. The van der Waals surface area contributed by atoms with E-state index in [1.54, 1.807) is 43.4 Å². The molecule has 0 aliphatic rings. The van der Waals surface area contributed by atoms with Crippen LogP contribution in [0.4, 0.5) is 0 Å². The highest BCUT2D eigenvalue weighted by atomic mass is 32.2. The minimum atomic E-state index is -3.49. The number of carbonyl (C=O) groups is 1. The summed E-state index contributed by atoms with van der Waals surface area (Å²) >= 11 is 1.67. The Hall–Kier alpha value is -1.96. The maximum atomic E-state index is 12.0. The molecule has 7 heteroatoms. The molecule has 0 atom stereocenters. The van der Waals surface area contributed by atoms with Crippen LogP contribution in [0.15, 0.2) is 52.7 Å². The fourth-order valence-corrected chi connectivity index (χ4v) is 4.09. The van der Waals surface area contributed by atoms with Crippen molar-refractivity contribution in [1.29, 1.82) is 0 Å². The summed E-state index contributed by atoms with van der Waals surface area (Å²) < 4.78 is 26.6. The molecule has 0 saturated heterocycles. The summed E-state index contributed by atoms with van der Waals surface area (Å²) in [7, 11) is -3.49. The number of benzene rings is 1. The van der Waals surface area contributed by atoms with Crippen molar-refractivity contribution in [2.24, 2.45) is 0 Å². The lowest BCUT2D eigenvalue weighted by molar-refractivity contribution is -0.116. The third kappa shape index (κ3) is 6.45. The lowest BCUT2D eigenvalue weighted by Gasteiger charge is -2.09. The van der Waals surface area contributed by atoms with Crippen molar-refractivity contribution in [2.75, 3.05) is 6.54 Å². The number of carbonyl (C=O) groups excluding carboxylic acids is 1. The molecule has 0 aliphatic carbocycles. The minimum absolute atomic E-state index is 0.164. The summed E-state index contributed by atoms with van der Waals surface area (Å²) in [4.78, 5) is 13.2. The van der Waals surface area contributed by atoms with E-state index in [0.717, 1.165) is 12.0 Å². The Morgan fingerprint density at radius 1 is 1.20 bits per heavy atom. The zero-order valence-corrected chi connectivity index (χ0v) is 15.9. The second-order valence-electron chi connectivity index (χ2n) is 5.80. The normalized spacial score (nSPS) is 12.0. The second-order valence-corrected chi connectivity index (χ2v) is 8.54.